The lowest BCUT2D eigenvalue weighted by molar-refractivity contribution is -0.114. The molecule has 138 valence electrons. The SMILES string of the molecule is C=CCN(C(=O)C(=O)c1c(C)nn(C)c1C)c1nc(-c2ccccc2)cs1. The summed E-state index contributed by atoms with van der Waals surface area (Å²) in [6, 6.07) is 9.69. The second-order valence-corrected chi connectivity index (χ2v) is 6.92. The van der Waals surface area contributed by atoms with Gasteiger partial charge in [-0.1, -0.05) is 36.4 Å². The maximum Gasteiger partial charge on any atom is 0.301 e. The molecule has 0 spiro atoms. The highest BCUT2D eigenvalue weighted by atomic mass is 32.1. The third-order valence-corrected chi connectivity index (χ3v) is 5.14. The van der Waals surface area contributed by atoms with Crippen molar-refractivity contribution in [2.24, 2.45) is 7.05 Å². The fraction of sp³-hybridized carbons (Fsp3) is 0.200. The van der Waals surface area contributed by atoms with Crippen LogP contribution in [0.2, 0.25) is 0 Å². The van der Waals surface area contributed by atoms with E-state index >= 15 is 0 Å². The van der Waals surface area contributed by atoms with E-state index in [0.717, 1.165) is 11.3 Å². The number of ketones is 1. The summed E-state index contributed by atoms with van der Waals surface area (Å²) in [5.74, 6) is -1.22. The second-order valence-electron chi connectivity index (χ2n) is 6.08. The van der Waals surface area contributed by atoms with E-state index in [1.54, 1.807) is 31.7 Å². The maximum atomic E-state index is 13.0. The first-order valence-corrected chi connectivity index (χ1v) is 9.30. The number of hydrogen-bond donors (Lipinski definition) is 0. The summed E-state index contributed by atoms with van der Waals surface area (Å²) < 4.78 is 1.60. The van der Waals surface area contributed by atoms with Crippen LogP contribution in [0.15, 0.2) is 48.4 Å². The van der Waals surface area contributed by atoms with E-state index in [4.69, 9.17) is 0 Å². The summed E-state index contributed by atoms with van der Waals surface area (Å²) in [7, 11) is 1.75. The van der Waals surface area contributed by atoms with Gasteiger partial charge in [-0.15, -0.1) is 17.9 Å². The minimum Gasteiger partial charge on any atom is -0.283 e. The lowest BCUT2D eigenvalue weighted by Gasteiger charge is -2.17. The van der Waals surface area contributed by atoms with Gasteiger partial charge in [-0.05, 0) is 13.8 Å². The van der Waals surface area contributed by atoms with Crippen LogP contribution in [0, 0.1) is 13.8 Å². The first-order chi connectivity index (χ1) is 12.9. The quantitative estimate of drug-likeness (QED) is 0.372. The molecule has 0 radical (unpaired) electrons. The van der Waals surface area contributed by atoms with Crippen molar-refractivity contribution in [2.45, 2.75) is 13.8 Å². The number of hydrogen-bond acceptors (Lipinski definition) is 5. The highest BCUT2D eigenvalue weighted by Crippen LogP contribution is 2.28. The predicted molar refractivity (Wildman–Crippen MR) is 107 cm³/mol. The highest BCUT2D eigenvalue weighted by Gasteiger charge is 2.30. The molecule has 0 saturated heterocycles. The zero-order chi connectivity index (χ0) is 19.6. The van der Waals surface area contributed by atoms with Gasteiger partial charge >= 0.3 is 5.91 Å². The van der Waals surface area contributed by atoms with Crippen LogP contribution in [0.1, 0.15) is 21.7 Å². The summed E-state index contributed by atoms with van der Waals surface area (Å²) in [5.41, 5.74) is 3.26. The number of carbonyl (C=O) groups excluding carboxylic acids is 2. The van der Waals surface area contributed by atoms with Gasteiger partial charge in [0.05, 0.1) is 17.0 Å². The van der Waals surface area contributed by atoms with Crippen LogP contribution >= 0.6 is 11.3 Å². The predicted octanol–water partition coefficient (Wildman–Crippen LogP) is 3.56. The molecule has 0 aliphatic carbocycles. The van der Waals surface area contributed by atoms with Crippen molar-refractivity contribution in [3.8, 4) is 11.3 Å². The van der Waals surface area contributed by atoms with Crippen molar-refractivity contribution in [2.75, 3.05) is 11.4 Å². The molecular formula is C20H20N4O2S. The summed E-state index contributed by atoms with van der Waals surface area (Å²) in [4.78, 5) is 31.7. The van der Waals surface area contributed by atoms with Crippen LogP contribution in [0.3, 0.4) is 0 Å². The molecule has 0 fully saturated rings. The number of nitrogens with zero attached hydrogens (tertiary/aromatic N) is 4. The molecule has 7 heteroatoms. The Morgan fingerprint density at radius 2 is 1.96 bits per heavy atom. The summed E-state index contributed by atoms with van der Waals surface area (Å²) in [6.45, 7) is 7.40. The number of amides is 1. The zero-order valence-corrected chi connectivity index (χ0v) is 16.3. The topological polar surface area (TPSA) is 68.1 Å². The third-order valence-electron chi connectivity index (χ3n) is 4.28. The van der Waals surface area contributed by atoms with Gasteiger partial charge in [0, 0.05) is 30.2 Å². The van der Waals surface area contributed by atoms with Crippen molar-refractivity contribution in [1.29, 1.82) is 0 Å². The Bertz CT molecular complexity index is 1000. The molecule has 3 aromatic rings. The number of anilines is 1. The molecule has 0 bridgehead atoms. The van der Waals surface area contributed by atoms with Gasteiger partial charge in [-0.2, -0.15) is 5.10 Å². The number of Topliss-reactive ketones (excluding diaryl/α,β-unsaturated/α-hetero) is 1. The maximum absolute atomic E-state index is 13.0. The average Bonchev–Trinajstić information content (AvgIpc) is 3.24. The fourth-order valence-electron chi connectivity index (χ4n) is 2.84. The number of benzene rings is 1. The van der Waals surface area contributed by atoms with Gasteiger partial charge in [0.25, 0.3) is 5.78 Å². The monoisotopic (exact) mass is 380 g/mol. The van der Waals surface area contributed by atoms with Gasteiger partial charge in [-0.3, -0.25) is 19.2 Å². The van der Waals surface area contributed by atoms with Crippen molar-refractivity contribution in [3.05, 3.63) is 65.3 Å². The van der Waals surface area contributed by atoms with Gasteiger partial charge in [0.1, 0.15) is 0 Å². The zero-order valence-electron chi connectivity index (χ0n) is 15.5. The lowest BCUT2D eigenvalue weighted by atomic mass is 10.1. The normalized spacial score (nSPS) is 10.6. The van der Waals surface area contributed by atoms with E-state index in [9.17, 15) is 9.59 Å². The van der Waals surface area contributed by atoms with Gasteiger partial charge in [-0.25, -0.2) is 4.98 Å². The summed E-state index contributed by atoms with van der Waals surface area (Å²) in [6.07, 6.45) is 1.58. The molecule has 1 aromatic carbocycles. The molecule has 0 saturated carbocycles. The van der Waals surface area contributed by atoms with Crippen LogP contribution in [0.25, 0.3) is 11.3 Å². The van der Waals surface area contributed by atoms with Crippen molar-refractivity contribution < 1.29 is 9.59 Å². The highest BCUT2D eigenvalue weighted by molar-refractivity contribution is 7.14. The molecule has 0 N–H and O–H groups in total. The van der Waals surface area contributed by atoms with Gasteiger partial charge < -0.3 is 0 Å². The second kappa shape index (κ2) is 7.67. The Balaban J connectivity index is 1.94. The minimum atomic E-state index is -0.636. The fourth-order valence-corrected chi connectivity index (χ4v) is 3.68. The summed E-state index contributed by atoms with van der Waals surface area (Å²) in [5, 5.41) is 6.57. The van der Waals surface area contributed by atoms with Crippen molar-refractivity contribution in [1.82, 2.24) is 14.8 Å². The number of rotatable bonds is 6. The Morgan fingerprint density at radius 3 is 2.56 bits per heavy atom. The Morgan fingerprint density at radius 1 is 1.26 bits per heavy atom. The molecule has 0 aliphatic heterocycles. The first-order valence-electron chi connectivity index (χ1n) is 8.42. The average molecular weight is 380 g/mol. The van der Waals surface area contributed by atoms with E-state index in [2.05, 4.69) is 16.7 Å². The molecule has 0 atom stereocenters. The number of aromatic nitrogens is 3. The van der Waals surface area contributed by atoms with E-state index in [0.29, 0.717) is 22.1 Å². The molecule has 2 heterocycles. The molecule has 27 heavy (non-hydrogen) atoms. The summed E-state index contributed by atoms with van der Waals surface area (Å²) >= 11 is 1.32. The Hall–Kier alpha value is -3.06. The minimum absolute atomic E-state index is 0.199. The lowest BCUT2D eigenvalue weighted by Crippen LogP contribution is -2.37. The standard InChI is InChI=1S/C20H20N4O2S/c1-5-11-24(19(26)18(25)17-13(2)22-23(4)14(17)3)20-21-16(12-27-20)15-9-7-6-8-10-15/h5-10,12H,1,11H2,2-4H3. The van der Waals surface area contributed by atoms with E-state index in [-0.39, 0.29) is 6.54 Å². The number of aryl methyl sites for hydroxylation is 2. The Labute approximate surface area is 161 Å². The molecule has 0 unspecified atom stereocenters. The van der Waals surface area contributed by atoms with Crippen LogP contribution in [-0.4, -0.2) is 33.0 Å². The smallest absolute Gasteiger partial charge is 0.283 e. The first kappa shape index (κ1) is 18.7. The van der Waals surface area contributed by atoms with E-state index in [1.165, 1.54) is 16.2 Å². The molecule has 3 rings (SSSR count). The molecule has 1 amide bonds. The third kappa shape index (κ3) is 3.59. The van der Waals surface area contributed by atoms with Crippen LogP contribution in [0.5, 0.6) is 0 Å². The molecule has 2 aromatic heterocycles. The van der Waals surface area contributed by atoms with Gasteiger partial charge in [0.2, 0.25) is 0 Å². The Kier molecular flexibility index (Phi) is 5.32. The number of thiazole rings is 1. The van der Waals surface area contributed by atoms with Crippen LogP contribution in [-0.2, 0) is 11.8 Å². The van der Waals surface area contributed by atoms with E-state index in [1.807, 2.05) is 35.7 Å². The molecular weight excluding hydrogens is 360 g/mol. The van der Waals surface area contributed by atoms with Crippen molar-refractivity contribution in [3.63, 3.8) is 0 Å². The van der Waals surface area contributed by atoms with Crippen LogP contribution < -0.4 is 4.90 Å². The van der Waals surface area contributed by atoms with E-state index < -0.39 is 11.7 Å². The van der Waals surface area contributed by atoms with Crippen molar-refractivity contribution >= 4 is 28.2 Å². The van der Waals surface area contributed by atoms with Gasteiger partial charge in [0.15, 0.2) is 5.13 Å². The molecule has 0 aliphatic rings. The largest absolute Gasteiger partial charge is 0.301 e. The van der Waals surface area contributed by atoms with Crippen LogP contribution in [0.4, 0.5) is 5.13 Å². The number of carbonyl (C=O) groups is 2. The molecule has 6 nitrogen and oxygen atoms in total.